The van der Waals surface area contributed by atoms with Gasteiger partial charge in [0.25, 0.3) is 11.8 Å². The molecular weight excluding hydrogens is 318 g/mol. The van der Waals surface area contributed by atoms with Gasteiger partial charge in [-0.15, -0.1) is 0 Å². The Morgan fingerprint density at radius 3 is 2.28 bits per heavy atom. The topological polar surface area (TPSA) is 77.8 Å². The average molecular weight is 343 g/mol. The van der Waals surface area contributed by atoms with Crippen molar-refractivity contribution in [3.8, 4) is 0 Å². The molecule has 2 amide bonds. The summed E-state index contributed by atoms with van der Waals surface area (Å²) in [7, 11) is 0. The molecule has 0 unspecified atom stereocenters. The number of benzene rings is 1. The van der Waals surface area contributed by atoms with Gasteiger partial charge in [-0.2, -0.15) is 0 Å². The largest absolute Gasteiger partial charge is 0.390 e. The lowest BCUT2D eigenvalue weighted by atomic mass is 9.43. The standard InChI is InChI=1S/C20H25NO4/c1-19(2)12-10-15(19)20(25,16(22)11-12)8-5-9-21-17(23)13-6-3-4-7-14(13)18(21)24/h3-4,6-7,12,15-16,22,25H,5,8-11H2,1-2H3/t12-,15-,16+,20-/m0/s1. The number of aliphatic hydroxyl groups is 2. The summed E-state index contributed by atoms with van der Waals surface area (Å²) in [4.78, 5) is 26.1. The fourth-order valence-electron chi connectivity index (χ4n) is 5.27. The van der Waals surface area contributed by atoms with Gasteiger partial charge in [-0.05, 0) is 55.1 Å². The van der Waals surface area contributed by atoms with Gasteiger partial charge in [0.2, 0.25) is 0 Å². The van der Waals surface area contributed by atoms with Crippen LogP contribution in [0.2, 0.25) is 0 Å². The maximum Gasteiger partial charge on any atom is 0.261 e. The minimum Gasteiger partial charge on any atom is -0.390 e. The van der Waals surface area contributed by atoms with Crippen molar-refractivity contribution in [3.63, 3.8) is 0 Å². The molecule has 1 aliphatic heterocycles. The number of fused-ring (bicyclic) bond motifs is 3. The summed E-state index contributed by atoms with van der Waals surface area (Å²) in [5, 5.41) is 21.5. The number of amides is 2. The average Bonchev–Trinajstić information content (AvgIpc) is 2.82. The van der Waals surface area contributed by atoms with Crippen molar-refractivity contribution >= 4 is 11.8 Å². The molecule has 3 fully saturated rings. The quantitative estimate of drug-likeness (QED) is 0.822. The normalized spacial score (nSPS) is 35.5. The molecule has 0 saturated heterocycles. The van der Waals surface area contributed by atoms with Crippen molar-refractivity contribution in [2.24, 2.45) is 17.3 Å². The first kappa shape index (κ1) is 16.7. The molecule has 0 aromatic heterocycles. The molecule has 1 aromatic rings. The van der Waals surface area contributed by atoms with Crippen LogP contribution in [0.4, 0.5) is 0 Å². The number of imide groups is 1. The zero-order valence-corrected chi connectivity index (χ0v) is 14.7. The third kappa shape index (κ3) is 2.22. The van der Waals surface area contributed by atoms with E-state index >= 15 is 0 Å². The lowest BCUT2D eigenvalue weighted by Crippen LogP contribution is -2.67. The van der Waals surface area contributed by atoms with Crippen LogP contribution in [-0.4, -0.2) is 45.2 Å². The highest BCUT2D eigenvalue weighted by Gasteiger charge is 2.64. The van der Waals surface area contributed by atoms with E-state index in [1.54, 1.807) is 24.3 Å². The molecular formula is C20H25NO4. The molecule has 0 radical (unpaired) electrons. The van der Waals surface area contributed by atoms with Crippen LogP contribution in [0.1, 0.15) is 60.2 Å². The van der Waals surface area contributed by atoms with Crippen LogP contribution < -0.4 is 0 Å². The van der Waals surface area contributed by atoms with Crippen LogP contribution in [0.15, 0.2) is 24.3 Å². The van der Waals surface area contributed by atoms with Gasteiger partial charge in [-0.1, -0.05) is 26.0 Å². The Morgan fingerprint density at radius 2 is 1.72 bits per heavy atom. The van der Waals surface area contributed by atoms with Crippen LogP contribution in [0.3, 0.4) is 0 Å². The van der Waals surface area contributed by atoms with Gasteiger partial charge >= 0.3 is 0 Å². The smallest absolute Gasteiger partial charge is 0.261 e. The van der Waals surface area contributed by atoms with E-state index in [0.29, 0.717) is 36.3 Å². The number of rotatable bonds is 4. The molecule has 25 heavy (non-hydrogen) atoms. The van der Waals surface area contributed by atoms with E-state index in [9.17, 15) is 19.8 Å². The second-order valence-electron chi connectivity index (χ2n) is 8.46. The highest BCUT2D eigenvalue weighted by Crippen LogP contribution is 2.63. The number of hydrogen-bond donors (Lipinski definition) is 2. The fourth-order valence-corrected chi connectivity index (χ4v) is 5.27. The van der Waals surface area contributed by atoms with E-state index in [-0.39, 0.29) is 29.7 Å². The van der Waals surface area contributed by atoms with E-state index in [0.717, 1.165) is 6.42 Å². The second-order valence-corrected chi connectivity index (χ2v) is 8.46. The van der Waals surface area contributed by atoms with Crippen LogP contribution in [0.25, 0.3) is 0 Å². The molecule has 1 heterocycles. The molecule has 5 rings (SSSR count). The summed E-state index contributed by atoms with van der Waals surface area (Å²) in [5.74, 6) is 0.0292. The minimum atomic E-state index is -1.11. The number of aliphatic hydroxyl groups excluding tert-OH is 1. The van der Waals surface area contributed by atoms with Crippen molar-refractivity contribution in [3.05, 3.63) is 35.4 Å². The summed E-state index contributed by atoms with van der Waals surface area (Å²) in [5.41, 5.74) is -0.167. The molecule has 5 nitrogen and oxygen atoms in total. The molecule has 4 atom stereocenters. The summed E-state index contributed by atoms with van der Waals surface area (Å²) in [6.07, 6.45) is 1.77. The zero-order valence-electron chi connectivity index (χ0n) is 14.7. The lowest BCUT2D eigenvalue weighted by Gasteiger charge is -2.65. The van der Waals surface area contributed by atoms with Crippen LogP contribution in [0, 0.1) is 17.3 Å². The minimum absolute atomic E-state index is 0.0451. The SMILES string of the molecule is CC1(C)[C@@H]2C[C@@H](O)[C@](O)(CCCN3C(=O)c4ccccc4C3=O)[C@H]1C2. The van der Waals surface area contributed by atoms with Gasteiger partial charge in [0.15, 0.2) is 0 Å². The van der Waals surface area contributed by atoms with E-state index < -0.39 is 11.7 Å². The monoisotopic (exact) mass is 343 g/mol. The van der Waals surface area contributed by atoms with E-state index in [4.69, 9.17) is 0 Å². The van der Waals surface area contributed by atoms with E-state index in [2.05, 4.69) is 13.8 Å². The van der Waals surface area contributed by atoms with Gasteiger partial charge in [-0.3, -0.25) is 14.5 Å². The van der Waals surface area contributed by atoms with Crippen LogP contribution in [0.5, 0.6) is 0 Å². The summed E-state index contributed by atoms with van der Waals surface area (Å²) >= 11 is 0. The van der Waals surface area contributed by atoms with Gasteiger partial charge in [0.05, 0.1) is 22.8 Å². The molecule has 2 bridgehead atoms. The zero-order chi connectivity index (χ0) is 18.0. The number of carbonyl (C=O) groups excluding carboxylic acids is 2. The third-order valence-electron chi connectivity index (χ3n) is 7.00. The molecule has 3 aliphatic carbocycles. The molecule has 0 spiro atoms. The lowest BCUT2D eigenvalue weighted by molar-refractivity contribution is -0.256. The number of carbonyl (C=O) groups is 2. The van der Waals surface area contributed by atoms with Gasteiger partial charge in [0.1, 0.15) is 0 Å². The highest BCUT2D eigenvalue weighted by molar-refractivity contribution is 6.21. The van der Waals surface area contributed by atoms with Gasteiger partial charge in [0, 0.05) is 6.54 Å². The van der Waals surface area contributed by atoms with Crippen molar-refractivity contribution in [1.29, 1.82) is 0 Å². The first-order valence-electron chi connectivity index (χ1n) is 9.12. The maximum absolute atomic E-state index is 12.4. The van der Waals surface area contributed by atoms with Gasteiger partial charge < -0.3 is 10.2 Å². The Kier molecular flexibility index (Phi) is 3.61. The van der Waals surface area contributed by atoms with Crippen LogP contribution in [-0.2, 0) is 0 Å². The Bertz CT molecular complexity index is 708. The van der Waals surface area contributed by atoms with Crippen molar-refractivity contribution in [1.82, 2.24) is 4.90 Å². The molecule has 5 heteroatoms. The van der Waals surface area contributed by atoms with Crippen molar-refractivity contribution in [2.45, 2.75) is 51.2 Å². The predicted molar refractivity (Wildman–Crippen MR) is 92.0 cm³/mol. The molecule has 3 saturated carbocycles. The predicted octanol–water partition coefficient (Wildman–Crippen LogP) is 2.22. The maximum atomic E-state index is 12.4. The van der Waals surface area contributed by atoms with E-state index in [1.807, 2.05) is 0 Å². The number of hydrogen-bond acceptors (Lipinski definition) is 4. The first-order chi connectivity index (χ1) is 11.8. The van der Waals surface area contributed by atoms with Crippen LogP contribution >= 0.6 is 0 Å². The summed E-state index contributed by atoms with van der Waals surface area (Å²) in [6.45, 7) is 4.59. The summed E-state index contributed by atoms with van der Waals surface area (Å²) in [6, 6.07) is 6.85. The fraction of sp³-hybridized carbons (Fsp3) is 0.600. The Labute approximate surface area is 147 Å². The Morgan fingerprint density at radius 1 is 1.12 bits per heavy atom. The first-order valence-corrected chi connectivity index (χ1v) is 9.12. The third-order valence-corrected chi connectivity index (χ3v) is 7.00. The van der Waals surface area contributed by atoms with Crippen molar-refractivity contribution < 1.29 is 19.8 Å². The van der Waals surface area contributed by atoms with Gasteiger partial charge in [-0.25, -0.2) is 0 Å². The van der Waals surface area contributed by atoms with E-state index in [1.165, 1.54) is 4.90 Å². The highest BCUT2D eigenvalue weighted by atomic mass is 16.3. The second kappa shape index (κ2) is 5.39. The molecule has 2 N–H and O–H groups in total. The van der Waals surface area contributed by atoms with Crippen molar-refractivity contribution in [2.75, 3.05) is 6.54 Å². The Balaban J connectivity index is 1.43. The molecule has 1 aromatic carbocycles. The number of nitrogens with zero attached hydrogens (tertiary/aromatic N) is 1. The molecule has 4 aliphatic rings. The molecule has 134 valence electrons. The summed E-state index contributed by atoms with van der Waals surface area (Å²) < 4.78 is 0. The Hall–Kier alpha value is -1.72.